The molecule has 0 aromatic heterocycles. The number of halogens is 3. The van der Waals surface area contributed by atoms with Gasteiger partial charge in [-0.2, -0.15) is 4.31 Å². The van der Waals surface area contributed by atoms with Crippen LogP contribution in [-0.2, 0) is 14.8 Å². The fraction of sp³-hybridized carbons (Fsp3) is 0.429. The molecule has 0 unspecified atom stereocenters. The molecule has 1 aliphatic rings. The van der Waals surface area contributed by atoms with Crippen LogP contribution < -0.4 is 0 Å². The molecule has 6 nitrogen and oxygen atoms in total. The summed E-state index contributed by atoms with van der Waals surface area (Å²) >= 11 is 17.9. The molecule has 0 saturated carbocycles. The minimum atomic E-state index is -3.73. The molecule has 1 N–H and O–H groups in total. The Hall–Kier alpha value is -0.900. The van der Waals surface area contributed by atoms with Crippen LogP contribution in [0.5, 0.6) is 0 Å². The summed E-state index contributed by atoms with van der Waals surface area (Å²) in [5, 5.41) is 11.5. The largest absolute Gasteiger partial charge is 0.389 e. The lowest BCUT2D eigenvalue weighted by atomic mass is 10.1. The lowest BCUT2D eigenvalue weighted by Crippen LogP contribution is -2.50. The van der Waals surface area contributed by atoms with Crippen molar-refractivity contribution in [3.05, 3.63) is 63.1 Å². The van der Waals surface area contributed by atoms with Gasteiger partial charge in [0, 0.05) is 42.8 Å². The fourth-order valence-corrected chi connectivity index (χ4v) is 5.69. The molecule has 170 valence electrons. The van der Waals surface area contributed by atoms with E-state index in [-0.39, 0.29) is 22.6 Å². The van der Waals surface area contributed by atoms with E-state index >= 15 is 0 Å². The number of benzene rings is 2. The third-order valence-corrected chi connectivity index (χ3v) is 8.06. The lowest BCUT2D eigenvalue weighted by Gasteiger charge is -2.35. The van der Waals surface area contributed by atoms with Crippen molar-refractivity contribution >= 4 is 44.8 Å². The van der Waals surface area contributed by atoms with Gasteiger partial charge in [-0.3, -0.25) is 4.90 Å². The van der Waals surface area contributed by atoms with Gasteiger partial charge >= 0.3 is 0 Å². The SMILES string of the molecule is C[C@H](OC[C@H](O)CN1CCN(S(=O)(=O)c2cc(Cl)ccc2Cl)CC1)c1ccc(Cl)cc1. The van der Waals surface area contributed by atoms with Crippen molar-refractivity contribution in [3.63, 3.8) is 0 Å². The molecule has 31 heavy (non-hydrogen) atoms. The minimum absolute atomic E-state index is 0.0136. The van der Waals surface area contributed by atoms with E-state index in [2.05, 4.69) is 0 Å². The van der Waals surface area contributed by atoms with Crippen LogP contribution in [0.3, 0.4) is 0 Å². The molecular weight excluding hydrogens is 483 g/mol. The highest BCUT2D eigenvalue weighted by Gasteiger charge is 2.30. The van der Waals surface area contributed by atoms with Gasteiger partial charge < -0.3 is 9.84 Å². The van der Waals surface area contributed by atoms with E-state index in [1.807, 2.05) is 24.0 Å². The van der Waals surface area contributed by atoms with E-state index < -0.39 is 16.1 Å². The van der Waals surface area contributed by atoms with Gasteiger partial charge in [0.05, 0.1) is 23.8 Å². The Bertz CT molecular complexity index is 981. The van der Waals surface area contributed by atoms with Crippen LogP contribution in [0.2, 0.25) is 15.1 Å². The zero-order valence-electron chi connectivity index (χ0n) is 17.0. The second kappa shape index (κ2) is 10.8. The second-order valence-electron chi connectivity index (χ2n) is 7.46. The Labute approximate surface area is 198 Å². The number of piperazine rings is 1. The Morgan fingerprint density at radius 2 is 1.61 bits per heavy atom. The highest BCUT2D eigenvalue weighted by molar-refractivity contribution is 7.89. The van der Waals surface area contributed by atoms with Gasteiger partial charge in [-0.15, -0.1) is 0 Å². The Kier molecular flexibility index (Phi) is 8.63. The maximum absolute atomic E-state index is 12.9. The number of nitrogens with zero attached hydrogens (tertiary/aromatic N) is 2. The molecule has 0 amide bonds. The number of ether oxygens (including phenoxy) is 1. The molecule has 0 radical (unpaired) electrons. The fourth-order valence-electron chi connectivity index (χ4n) is 3.40. The summed E-state index contributed by atoms with van der Waals surface area (Å²) in [5.41, 5.74) is 0.982. The van der Waals surface area contributed by atoms with Crippen molar-refractivity contribution in [2.45, 2.75) is 24.0 Å². The summed E-state index contributed by atoms with van der Waals surface area (Å²) in [5.74, 6) is 0. The van der Waals surface area contributed by atoms with E-state index in [4.69, 9.17) is 39.5 Å². The molecule has 2 aromatic carbocycles. The standard InChI is InChI=1S/C21H25Cl3N2O4S/c1-15(16-2-4-17(22)5-3-16)30-14-19(27)13-25-8-10-26(11-9-25)31(28,29)21-12-18(23)6-7-20(21)24/h2-7,12,15,19,27H,8-11,13-14H2,1H3/t15-,19+/m0/s1. The van der Waals surface area contributed by atoms with Gasteiger partial charge in [0.15, 0.2) is 0 Å². The third-order valence-electron chi connectivity index (χ3n) is 5.19. The van der Waals surface area contributed by atoms with Crippen LogP contribution in [0.15, 0.2) is 47.4 Å². The Morgan fingerprint density at radius 1 is 1.00 bits per heavy atom. The molecule has 10 heteroatoms. The van der Waals surface area contributed by atoms with Crippen LogP contribution in [-0.4, -0.2) is 68.2 Å². The van der Waals surface area contributed by atoms with E-state index in [1.54, 1.807) is 18.2 Å². The number of hydrogen-bond acceptors (Lipinski definition) is 5. The van der Waals surface area contributed by atoms with Gasteiger partial charge in [0.2, 0.25) is 10.0 Å². The number of β-amino-alcohol motifs (C(OH)–C–C–N with tert-alkyl or cyclic N) is 1. The quantitative estimate of drug-likeness (QED) is 0.583. The number of aliphatic hydroxyl groups excluding tert-OH is 1. The maximum atomic E-state index is 12.9. The van der Waals surface area contributed by atoms with Gasteiger partial charge in [-0.05, 0) is 42.8 Å². The molecule has 2 aromatic rings. The number of rotatable bonds is 8. The van der Waals surface area contributed by atoms with E-state index in [0.29, 0.717) is 42.8 Å². The molecule has 3 rings (SSSR count). The third kappa shape index (κ3) is 6.55. The Morgan fingerprint density at radius 3 is 2.26 bits per heavy atom. The molecule has 0 bridgehead atoms. The summed E-state index contributed by atoms with van der Waals surface area (Å²) < 4.78 is 33.0. The molecule has 2 atom stereocenters. The summed E-state index contributed by atoms with van der Waals surface area (Å²) in [7, 11) is -3.73. The lowest BCUT2D eigenvalue weighted by molar-refractivity contribution is -0.0186. The first kappa shape index (κ1) is 24.7. The van der Waals surface area contributed by atoms with Gasteiger partial charge in [-0.1, -0.05) is 46.9 Å². The summed E-state index contributed by atoms with van der Waals surface area (Å²) in [6.07, 6.45) is -0.850. The number of hydrogen-bond donors (Lipinski definition) is 1. The second-order valence-corrected chi connectivity index (χ2v) is 10.6. The molecule has 1 saturated heterocycles. The predicted molar refractivity (Wildman–Crippen MR) is 123 cm³/mol. The average molecular weight is 508 g/mol. The summed E-state index contributed by atoms with van der Waals surface area (Å²) in [4.78, 5) is 2.03. The van der Waals surface area contributed by atoms with E-state index in [1.165, 1.54) is 16.4 Å². The zero-order valence-corrected chi connectivity index (χ0v) is 20.1. The van der Waals surface area contributed by atoms with Crippen LogP contribution >= 0.6 is 34.8 Å². The minimum Gasteiger partial charge on any atom is -0.389 e. The number of sulfonamides is 1. The van der Waals surface area contributed by atoms with Crippen LogP contribution in [0.1, 0.15) is 18.6 Å². The van der Waals surface area contributed by atoms with Crippen LogP contribution in [0.25, 0.3) is 0 Å². The molecule has 0 aliphatic carbocycles. The van der Waals surface area contributed by atoms with Crippen molar-refractivity contribution in [2.24, 2.45) is 0 Å². The first-order chi connectivity index (χ1) is 14.7. The predicted octanol–water partition coefficient (Wildman–Crippen LogP) is 4.09. The molecular formula is C21H25Cl3N2O4S. The smallest absolute Gasteiger partial charge is 0.244 e. The first-order valence-electron chi connectivity index (χ1n) is 9.89. The Balaban J connectivity index is 1.48. The van der Waals surface area contributed by atoms with E-state index in [0.717, 1.165) is 5.56 Å². The average Bonchev–Trinajstić information content (AvgIpc) is 2.74. The zero-order chi connectivity index (χ0) is 22.6. The van der Waals surface area contributed by atoms with Crippen molar-refractivity contribution in [2.75, 3.05) is 39.3 Å². The molecule has 1 heterocycles. The van der Waals surface area contributed by atoms with Crippen LogP contribution in [0, 0.1) is 0 Å². The highest BCUT2D eigenvalue weighted by Crippen LogP contribution is 2.28. The van der Waals surface area contributed by atoms with E-state index in [9.17, 15) is 13.5 Å². The van der Waals surface area contributed by atoms with Gasteiger partial charge in [-0.25, -0.2) is 8.42 Å². The van der Waals surface area contributed by atoms with Crippen molar-refractivity contribution in [1.82, 2.24) is 9.21 Å². The molecule has 1 fully saturated rings. The van der Waals surface area contributed by atoms with Gasteiger partial charge in [0.25, 0.3) is 0 Å². The van der Waals surface area contributed by atoms with Crippen molar-refractivity contribution in [1.29, 1.82) is 0 Å². The highest BCUT2D eigenvalue weighted by atomic mass is 35.5. The maximum Gasteiger partial charge on any atom is 0.244 e. The summed E-state index contributed by atoms with van der Waals surface area (Å²) in [6, 6.07) is 11.8. The first-order valence-corrected chi connectivity index (χ1v) is 12.5. The van der Waals surface area contributed by atoms with Crippen LogP contribution in [0.4, 0.5) is 0 Å². The molecule has 1 aliphatic heterocycles. The normalized spacial score (nSPS) is 18.1. The van der Waals surface area contributed by atoms with Crippen molar-refractivity contribution < 1.29 is 18.3 Å². The van der Waals surface area contributed by atoms with Crippen molar-refractivity contribution in [3.8, 4) is 0 Å². The summed E-state index contributed by atoms with van der Waals surface area (Å²) in [6.45, 7) is 4.11. The number of aliphatic hydroxyl groups is 1. The topological polar surface area (TPSA) is 70.1 Å². The molecule has 0 spiro atoms. The monoisotopic (exact) mass is 506 g/mol. The van der Waals surface area contributed by atoms with Gasteiger partial charge in [0.1, 0.15) is 4.90 Å².